The van der Waals surface area contributed by atoms with Gasteiger partial charge in [-0.15, -0.1) is 10.2 Å². The Labute approximate surface area is 158 Å². The Morgan fingerprint density at radius 1 is 1.19 bits per heavy atom. The summed E-state index contributed by atoms with van der Waals surface area (Å²) in [5.41, 5.74) is 0.846. The minimum Gasteiger partial charge on any atom is -0.309 e. The molecule has 4 rings (SSSR count). The van der Waals surface area contributed by atoms with Crippen molar-refractivity contribution in [3.05, 3.63) is 41.0 Å². The molecule has 1 aliphatic carbocycles. The lowest BCUT2D eigenvalue weighted by atomic mass is 10.2. The standard InChI is InChI=1S/C17H18BrN7O/c18-13-7-5-12(6-8-13)17-21-23-24(22-17)11-16(26)20-15-9-10-19-25(15)14-3-1-2-4-14/h5-10,14H,1-4,11H2,(H,20,26). The Hall–Kier alpha value is -2.55. The average Bonchev–Trinajstić information content (AvgIpc) is 3.36. The number of tetrazole rings is 1. The van der Waals surface area contributed by atoms with Crippen LogP contribution in [-0.2, 0) is 11.3 Å². The van der Waals surface area contributed by atoms with Crippen LogP contribution in [0.4, 0.5) is 5.82 Å². The molecule has 2 aromatic heterocycles. The number of benzene rings is 1. The molecular formula is C17H18BrN7O. The van der Waals surface area contributed by atoms with Crippen molar-refractivity contribution in [1.82, 2.24) is 30.0 Å². The van der Waals surface area contributed by atoms with Gasteiger partial charge in [-0.3, -0.25) is 4.79 Å². The quantitative estimate of drug-likeness (QED) is 0.691. The summed E-state index contributed by atoms with van der Waals surface area (Å²) in [6.07, 6.45) is 6.34. The predicted molar refractivity (Wildman–Crippen MR) is 99.3 cm³/mol. The molecule has 1 saturated carbocycles. The Kier molecular flexibility index (Phi) is 4.79. The van der Waals surface area contributed by atoms with Crippen molar-refractivity contribution in [2.75, 3.05) is 5.32 Å². The zero-order chi connectivity index (χ0) is 17.9. The molecule has 1 aromatic carbocycles. The monoisotopic (exact) mass is 415 g/mol. The highest BCUT2D eigenvalue weighted by molar-refractivity contribution is 9.10. The van der Waals surface area contributed by atoms with Gasteiger partial charge < -0.3 is 5.32 Å². The second-order valence-electron chi connectivity index (χ2n) is 6.30. The molecule has 0 radical (unpaired) electrons. The molecule has 134 valence electrons. The molecule has 0 unspecified atom stereocenters. The van der Waals surface area contributed by atoms with Gasteiger partial charge in [-0.1, -0.05) is 28.8 Å². The smallest absolute Gasteiger partial charge is 0.249 e. The third-order valence-corrected chi connectivity index (χ3v) is 4.98. The number of carbonyl (C=O) groups excluding carboxylic acids is 1. The molecule has 0 saturated heterocycles. The molecule has 0 bridgehead atoms. The van der Waals surface area contributed by atoms with Crippen LogP contribution in [-0.4, -0.2) is 35.9 Å². The van der Waals surface area contributed by atoms with Crippen LogP contribution in [0.25, 0.3) is 11.4 Å². The summed E-state index contributed by atoms with van der Waals surface area (Å²) in [6.45, 7) is -0.000620. The summed E-state index contributed by atoms with van der Waals surface area (Å²) in [5.74, 6) is 1.00. The lowest BCUT2D eigenvalue weighted by molar-refractivity contribution is -0.117. The molecule has 1 amide bonds. The molecule has 26 heavy (non-hydrogen) atoms. The van der Waals surface area contributed by atoms with Gasteiger partial charge in [0.1, 0.15) is 12.4 Å². The fraction of sp³-hybridized carbons (Fsp3) is 0.353. The zero-order valence-corrected chi connectivity index (χ0v) is 15.6. The number of hydrogen-bond acceptors (Lipinski definition) is 5. The van der Waals surface area contributed by atoms with Gasteiger partial charge >= 0.3 is 0 Å². The zero-order valence-electron chi connectivity index (χ0n) is 14.0. The summed E-state index contributed by atoms with van der Waals surface area (Å²) in [6, 6.07) is 9.80. The maximum Gasteiger partial charge on any atom is 0.249 e. The van der Waals surface area contributed by atoms with Gasteiger partial charge in [0.05, 0.1) is 12.2 Å². The molecule has 0 aliphatic heterocycles. The number of nitrogens with zero attached hydrogens (tertiary/aromatic N) is 6. The van der Waals surface area contributed by atoms with Crippen molar-refractivity contribution < 1.29 is 4.79 Å². The highest BCUT2D eigenvalue weighted by atomic mass is 79.9. The van der Waals surface area contributed by atoms with Gasteiger partial charge in [0.25, 0.3) is 0 Å². The van der Waals surface area contributed by atoms with Crippen molar-refractivity contribution in [2.45, 2.75) is 38.3 Å². The van der Waals surface area contributed by atoms with E-state index in [1.165, 1.54) is 17.6 Å². The molecule has 1 aliphatic rings. The number of amides is 1. The van der Waals surface area contributed by atoms with Crippen LogP contribution >= 0.6 is 15.9 Å². The van der Waals surface area contributed by atoms with E-state index in [0.717, 1.165) is 28.7 Å². The van der Waals surface area contributed by atoms with E-state index in [-0.39, 0.29) is 12.5 Å². The topological polar surface area (TPSA) is 90.5 Å². The second-order valence-corrected chi connectivity index (χ2v) is 7.21. The molecule has 8 nitrogen and oxygen atoms in total. The van der Waals surface area contributed by atoms with Gasteiger partial charge in [-0.25, -0.2) is 4.68 Å². The van der Waals surface area contributed by atoms with Crippen molar-refractivity contribution in [3.63, 3.8) is 0 Å². The SMILES string of the molecule is O=C(Cn1nnc(-c2ccc(Br)cc2)n1)Nc1ccnn1C1CCCC1. The first-order valence-corrected chi connectivity index (χ1v) is 9.35. The Morgan fingerprint density at radius 2 is 1.96 bits per heavy atom. The predicted octanol–water partition coefficient (Wildman–Crippen LogP) is 3.05. The van der Waals surface area contributed by atoms with E-state index in [2.05, 4.69) is 41.8 Å². The van der Waals surface area contributed by atoms with E-state index >= 15 is 0 Å². The molecule has 0 atom stereocenters. The summed E-state index contributed by atoms with van der Waals surface area (Å²) < 4.78 is 2.89. The summed E-state index contributed by atoms with van der Waals surface area (Å²) in [7, 11) is 0. The molecule has 1 fully saturated rings. The largest absolute Gasteiger partial charge is 0.309 e. The molecule has 2 heterocycles. The fourth-order valence-electron chi connectivity index (χ4n) is 3.19. The minimum atomic E-state index is -0.204. The van der Waals surface area contributed by atoms with Gasteiger partial charge in [-0.2, -0.15) is 9.90 Å². The number of anilines is 1. The van der Waals surface area contributed by atoms with Crippen molar-refractivity contribution >= 4 is 27.7 Å². The van der Waals surface area contributed by atoms with Gasteiger partial charge in [0, 0.05) is 16.1 Å². The number of rotatable bonds is 5. The van der Waals surface area contributed by atoms with Crippen molar-refractivity contribution in [1.29, 1.82) is 0 Å². The van der Waals surface area contributed by atoms with E-state index in [1.807, 2.05) is 35.0 Å². The molecule has 1 N–H and O–H groups in total. The maximum absolute atomic E-state index is 12.4. The van der Waals surface area contributed by atoms with E-state index in [9.17, 15) is 4.79 Å². The first-order chi connectivity index (χ1) is 12.7. The van der Waals surface area contributed by atoms with E-state index in [1.54, 1.807) is 6.20 Å². The van der Waals surface area contributed by atoms with Gasteiger partial charge in [0.15, 0.2) is 0 Å². The Bertz CT molecular complexity index is 896. The van der Waals surface area contributed by atoms with Gasteiger partial charge in [0.2, 0.25) is 11.7 Å². The number of carbonyl (C=O) groups is 1. The highest BCUT2D eigenvalue weighted by Gasteiger charge is 2.20. The van der Waals surface area contributed by atoms with E-state index < -0.39 is 0 Å². The average molecular weight is 416 g/mol. The third kappa shape index (κ3) is 3.67. The third-order valence-electron chi connectivity index (χ3n) is 4.45. The lowest BCUT2D eigenvalue weighted by Gasteiger charge is -2.14. The van der Waals surface area contributed by atoms with Crippen LogP contribution in [0.5, 0.6) is 0 Å². The van der Waals surface area contributed by atoms with Crippen LogP contribution in [0.2, 0.25) is 0 Å². The van der Waals surface area contributed by atoms with Crippen LogP contribution in [0.3, 0.4) is 0 Å². The van der Waals surface area contributed by atoms with Crippen LogP contribution in [0, 0.1) is 0 Å². The maximum atomic E-state index is 12.4. The normalized spacial score (nSPS) is 14.7. The van der Waals surface area contributed by atoms with Gasteiger partial charge in [-0.05, 0) is 42.3 Å². The number of nitrogens with one attached hydrogen (secondary N) is 1. The van der Waals surface area contributed by atoms with E-state index in [0.29, 0.717) is 11.9 Å². The second kappa shape index (κ2) is 7.36. The summed E-state index contributed by atoms with van der Waals surface area (Å²) >= 11 is 3.39. The fourth-order valence-corrected chi connectivity index (χ4v) is 3.45. The first-order valence-electron chi connectivity index (χ1n) is 8.56. The number of halogens is 1. The number of aromatic nitrogens is 6. The highest BCUT2D eigenvalue weighted by Crippen LogP contribution is 2.31. The molecule has 9 heteroatoms. The van der Waals surface area contributed by atoms with Crippen molar-refractivity contribution in [2.24, 2.45) is 0 Å². The molecule has 3 aromatic rings. The number of hydrogen-bond donors (Lipinski definition) is 1. The minimum absolute atomic E-state index is 0.000620. The molecule has 0 spiro atoms. The van der Waals surface area contributed by atoms with Crippen LogP contribution in [0.1, 0.15) is 31.7 Å². The van der Waals surface area contributed by atoms with Crippen LogP contribution in [0.15, 0.2) is 41.0 Å². The Morgan fingerprint density at radius 3 is 2.73 bits per heavy atom. The van der Waals surface area contributed by atoms with Crippen LogP contribution < -0.4 is 5.32 Å². The Balaban J connectivity index is 1.41. The first kappa shape index (κ1) is 16.9. The van der Waals surface area contributed by atoms with Crippen molar-refractivity contribution in [3.8, 4) is 11.4 Å². The molecular weight excluding hydrogens is 398 g/mol. The lowest BCUT2D eigenvalue weighted by Crippen LogP contribution is -2.23. The van der Waals surface area contributed by atoms with E-state index in [4.69, 9.17) is 0 Å². The summed E-state index contributed by atoms with van der Waals surface area (Å²) in [4.78, 5) is 13.6. The summed E-state index contributed by atoms with van der Waals surface area (Å²) in [5, 5.41) is 19.5.